The normalized spacial score (nSPS) is 18.7. The highest BCUT2D eigenvalue weighted by atomic mass is 35.5. The number of benzodiazepines with no additional fused rings is 1. The summed E-state index contributed by atoms with van der Waals surface area (Å²) >= 11 is 6.35. The highest BCUT2D eigenvalue weighted by molar-refractivity contribution is 6.36. The van der Waals surface area contributed by atoms with Gasteiger partial charge in [0, 0.05) is 35.8 Å². The number of nitrogens with two attached hydrogens (primary N) is 1. The maximum Gasteiger partial charge on any atom is 0.389 e. The van der Waals surface area contributed by atoms with Gasteiger partial charge in [-0.15, -0.1) is 0 Å². The van der Waals surface area contributed by atoms with E-state index in [9.17, 15) is 40.7 Å². The Bertz CT molecular complexity index is 1390. The summed E-state index contributed by atoms with van der Waals surface area (Å²) in [6.07, 6.45) is -14.4. The highest BCUT2D eigenvalue weighted by Crippen LogP contribution is 2.41. The molecule has 4 rings (SSSR count). The van der Waals surface area contributed by atoms with Crippen LogP contribution in [0.2, 0.25) is 5.02 Å². The smallest absolute Gasteiger partial charge is 0.369 e. The van der Waals surface area contributed by atoms with Crippen molar-refractivity contribution >= 4 is 40.7 Å². The van der Waals surface area contributed by atoms with Crippen LogP contribution < -0.4 is 16.4 Å². The number of hydrogen-bond donors (Lipinski definition) is 3. The van der Waals surface area contributed by atoms with E-state index in [4.69, 9.17) is 17.3 Å². The second kappa shape index (κ2) is 12.3. The van der Waals surface area contributed by atoms with Crippen molar-refractivity contribution < 1.29 is 40.7 Å². The number of rotatable bonds is 10. The average molecular weight is 617 g/mol. The van der Waals surface area contributed by atoms with Crippen LogP contribution in [0, 0.1) is 11.8 Å². The lowest BCUT2D eigenvalue weighted by molar-refractivity contribution is -0.152. The topological polar surface area (TPSA) is 114 Å². The second-order valence-electron chi connectivity index (χ2n) is 10.4. The van der Waals surface area contributed by atoms with Crippen LogP contribution >= 0.6 is 11.6 Å². The number of nitrogens with zero attached hydrogens (tertiary/aromatic N) is 1. The number of aliphatic imine (C=N–C) groups is 1. The van der Waals surface area contributed by atoms with Crippen LogP contribution in [0.3, 0.4) is 0 Å². The number of primary amides is 1. The van der Waals surface area contributed by atoms with Crippen molar-refractivity contribution in [3.63, 3.8) is 0 Å². The summed E-state index contributed by atoms with van der Waals surface area (Å²) in [7, 11) is 0. The van der Waals surface area contributed by atoms with Crippen molar-refractivity contribution in [2.24, 2.45) is 22.6 Å². The van der Waals surface area contributed by atoms with Crippen molar-refractivity contribution in [3.05, 3.63) is 64.2 Å². The molecule has 1 heterocycles. The summed E-state index contributed by atoms with van der Waals surface area (Å²) < 4.78 is 78.0. The fourth-order valence-corrected chi connectivity index (χ4v) is 5.14. The van der Waals surface area contributed by atoms with Gasteiger partial charge in [-0.3, -0.25) is 14.4 Å². The lowest BCUT2D eigenvalue weighted by Gasteiger charge is -2.26. The van der Waals surface area contributed by atoms with Gasteiger partial charge in [0.2, 0.25) is 18.0 Å². The minimum Gasteiger partial charge on any atom is -0.369 e. The molecule has 3 atom stereocenters. The minimum atomic E-state index is -4.78. The van der Waals surface area contributed by atoms with Gasteiger partial charge in [0.25, 0.3) is 5.91 Å². The van der Waals surface area contributed by atoms with E-state index in [1.54, 1.807) is 24.3 Å². The van der Waals surface area contributed by atoms with Crippen LogP contribution in [0.4, 0.5) is 32.0 Å². The SMILES string of the molecule is NC(=O)[C@@H](CCC(F)(F)F)[C@@H](CCC(F)(F)F)C(=O)N[C@H]1N=C(c2cccc(C3CC3)c2)c2cccc(Cl)c2NC1=O. The fourth-order valence-electron chi connectivity index (χ4n) is 4.92. The summed E-state index contributed by atoms with van der Waals surface area (Å²) in [4.78, 5) is 43.1. The molecule has 0 unspecified atom stereocenters. The van der Waals surface area contributed by atoms with Gasteiger partial charge < -0.3 is 16.4 Å². The lowest BCUT2D eigenvalue weighted by Crippen LogP contribution is -2.48. The van der Waals surface area contributed by atoms with E-state index >= 15 is 0 Å². The number of carbonyl (C=O) groups is 3. The first-order chi connectivity index (χ1) is 19.6. The number of anilines is 1. The first kappa shape index (κ1) is 31.3. The number of alkyl halides is 6. The number of nitrogens with one attached hydrogen (secondary N) is 2. The second-order valence-corrected chi connectivity index (χ2v) is 10.8. The third kappa shape index (κ3) is 8.02. The van der Waals surface area contributed by atoms with Gasteiger partial charge in [0.15, 0.2) is 0 Å². The van der Waals surface area contributed by atoms with Gasteiger partial charge in [-0.05, 0) is 49.3 Å². The van der Waals surface area contributed by atoms with Gasteiger partial charge in [-0.2, -0.15) is 26.3 Å². The van der Waals surface area contributed by atoms with E-state index in [1.807, 2.05) is 12.1 Å². The number of carbonyl (C=O) groups excluding carboxylic acids is 3. The first-order valence-corrected chi connectivity index (χ1v) is 13.5. The maximum atomic E-state index is 13.3. The van der Waals surface area contributed by atoms with Gasteiger partial charge in [-0.25, -0.2) is 4.99 Å². The fraction of sp³-hybridized carbons (Fsp3) is 0.429. The van der Waals surface area contributed by atoms with E-state index in [2.05, 4.69) is 15.6 Å². The predicted molar refractivity (Wildman–Crippen MR) is 143 cm³/mol. The Morgan fingerprint density at radius 2 is 1.62 bits per heavy atom. The Morgan fingerprint density at radius 3 is 2.21 bits per heavy atom. The molecular weight excluding hydrogens is 590 g/mol. The van der Waals surface area contributed by atoms with Gasteiger partial charge in [0.05, 0.1) is 16.4 Å². The van der Waals surface area contributed by atoms with Gasteiger partial charge in [0.1, 0.15) is 0 Å². The van der Waals surface area contributed by atoms with Crippen molar-refractivity contribution in [2.75, 3.05) is 5.32 Å². The zero-order valence-electron chi connectivity index (χ0n) is 22.0. The molecule has 4 N–H and O–H groups in total. The van der Waals surface area contributed by atoms with Crippen molar-refractivity contribution in [1.82, 2.24) is 5.32 Å². The summed E-state index contributed by atoms with van der Waals surface area (Å²) in [6, 6.07) is 12.1. The van der Waals surface area contributed by atoms with E-state index in [-0.39, 0.29) is 16.4 Å². The molecule has 1 aliphatic carbocycles. The molecule has 0 spiro atoms. The molecule has 1 aliphatic heterocycles. The Balaban J connectivity index is 1.70. The third-order valence-electron chi connectivity index (χ3n) is 7.18. The number of fused-ring (bicyclic) bond motifs is 1. The monoisotopic (exact) mass is 616 g/mol. The van der Waals surface area contributed by atoms with Gasteiger partial charge >= 0.3 is 12.4 Å². The van der Waals surface area contributed by atoms with Crippen LogP contribution in [0.1, 0.15) is 61.1 Å². The highest BCUT2D eigenvalue weighted by Gasteiger charge is 2.40. The van der Waals surface area contributed by atoms with Crippen LogP contribution in [-0.2, 0) is 14.4 Å². The molecule has 226 valence electrons. The zero-order valence-corrected chi connectivity index (χ0v) is 22.7. The van der Waals surface area contributed by atoms with E-state index in [0.717, 1.165) is 18.4 Å². The number of hydrogen-bond acceptors (Lipinski definition) is 4. The Morgan fingerprint density at radius 1 is 1.00 bits per heavy atom. The van der Waals surface area contributed by atoms with Crippen LogP contribution in [0.15, 0.2) is 47.5 Å². The molecule has 14 heteroatoms. The predicted octanol–water partition coefficient (Wildman–Crippen LogP) is 5.85. The summed E-state index contributed by atoms with van der Waals surface area (Å²) in [5.41, 5.74) is 7.71. The zero-order chi connectivity index (χ0) is 30.8. The first-order valence-electron chi connectivity index (χ1n) is 13.1. The molecule has 3 amide bonds. The molecule has 2 aliphatic rings. The summed E-state index contributed by atoms with van der Waals surface area (Å²) in [6.45, 7) is 0. The molecule has 1 saturated carbocycles. The largest absolute Gasteiger partial charge is 0.389 e. The number of para-hydroxylation sites is 1. The Kier molecular flexibility index (Phi) is 9.19. The average Bonchev–Trinajstić information content (AvgIpc) is 3.74. The maximum absolute atomic E-state index is 13.3. The molecule has 2 aromatic rings. The molecule has 0 bridgehead atoms. The van der Waals surface area contributed by atoms with Crippen molar-refractivity contribution in [2.45, 2.75) is 63.0 Å². The lowest BCUT2D eigenvalue weighted by atomic mass is 9.83. The Hall–Kier alpha value is -3.61. The van der Waals surface area contributed by atoms with Crippen LogP contribution in [-0.4, -0.2) is 42.0 Å². The number of benzene rings is 2. The molecule has 0 aromatic heterocycles. The van der Waals surface area contributed by atoms with Crippen LogP contribution in [0.5, 0.6) is 0 Å². The summed E-state index contributed by atoms with van der Waals surface area (Å²) in [5, 5.41) is 4.97. The standard InChI is InChI=1S/C28H27ClF6N4O3/c29-20-6-2-5-19-21(16-4-1-3-15(13-16)14-7-8-14)37-24(26(42)38-22(19)20)39-25(41)18(10-12-28(33,34)35)17(23(36)40)9-11-27(30,31)32/h1-6,13-14,17-18,24H,7-12H2,(H2,36,40)(H,38,42)(H,39,41)/t17-,18+,24+/m0/s1. The van der Waals surface area contributed by atoms with Crippen molar-refractivity contribution in [1.29, 1.82) is 0 Å². The quantitative estimate of drug-likeness (QED) is 0.291. The van der Waals surface area contributed by atoms with E-state index in [1.165, 1.54) is 6.07 Å². The molecule has 2 aromatic carbocycles. The minimum absolute atomic E-state index is 0.155. The molecule has 7 nitrogen and oxygen atoms in total. The summed E-state index contributed by atoms with van der Waals surface area (Å²) in [5.74, 6) is -6.96. The molecule has 0 radical (unpaired) electrons. The molecule has 1 fully saturated rings. The number of amides is 3. The van der Waals surface area contributed by atoms with E-state index in [0.29, 0.717) is 17.0 Å². The number of halogens is 7. The molecular formula is C28H27ClF6N4O3. The Labute approximate surface area is 241 Å². The molecule has 42 heavy (non-hydrogen) atoms. The van der Waals surface area contributed by atoms with Crippen LogP contribution in [0.25, 0.3) is 0 Å². The molecule has 0 saturated heterocycles. The van der Waals surface area contributed by atoms with E-state index < -0.39 is 73.8 Å². The van der Waals surface area contributed by atoms with Crippen molar-refractivity contribution in [3.8, 4) is 0 Å². The van der Waals surface area contributed by atoms with Gasteiger partial charge in [-0.1, -0.05) is 41.9 Å². The third-order valence-corrected chi connectivity index (χ3v) is 7.49.